The number of benzene rings is 9. The van der Waals surface area contributed by atoms with E-state index in [0.29, 0.717) is 5.84 Å². The molecule has 0 amide bonds. The molecule has 4 aromatic heterocycles. The fourth-order valence-corrected chi connectivity index (χ4v) is 12.0. The fourth-order valence-electron chi connectivity index (χ4n) is 10.9. The lowest BCUT2D eigenvalue weighted by atomic mass is 9.80. The quantitative estimate of drug-likeness (QED) is 0.174. The van der Waals surface area contributed by atoms with Crippen LogP contribution in [0, 0.1) is 5.92 Å². The molecule has 294 valence electrons. The first-order valence-electron chi connectivity index (χ1n) is 21.6. The normalized spacial score (nSPS) is 16.4. The number of aliphatic imine (C=N–C) groups is 2. The maximum Gasteiger partial charge on any atom is 0.155 e. The average molecular weight is 824 g/mol. The van der Waals surface area contributed by atoms with Gasteiger partial charge in [-0.15, -0.1) is 11.3 Å². The van der Waals surface area contributed by atoms with Gasteiger partial charge in [0.15, 0.2) is 5.84 Å². The molecular formula is C57H33N3O2S. The van der Waals surface area contributed by atoms with Gasteiger partial charge in [0.2, 0.25) is 0 Å². The zero-order chi connectivity index (χ0) is 40.9. The second kappa shape index (κ2) is 12.4. The van der Waals surface area contributed by atoms with E-state index >= 15 is 0 Å². The second-order valence-electron chi connectivity index (χ2n) is 17.2. The van der Waals surface area contributed by atoms with Gasteiger partial charge in [-0.3, -0.25) is 4.99 Å². The molecule has 9 aromatic carbocycles. The van der Waals surface area contributed by atoms with Crippen LogP contribution in [-0.4, -0.2) is 16.1 Å². The van der Waals surface area contributed by atoms with Gasteiger partial charge in [0.1, 0.15) is 22.3 Å². The summed E-state index contributed by atoms with van der Waals surface area (Å²) in [4.78, 5) is 11.5. The largest absolute Gasteiger partial charge is 0.456 e. The van der Waals surface area contributed by atoms with E-state index in [0.717, 1.165) is 78.4 Å². The lowest BCUT2D eigenvalue weighted by Gasteiger charge is -2.31. The molecule has 5 nitrogen and oxygen atoms in total. The molecular weight excluding hydrogens is 791 g/mol. The van der Waals surface area contributed by atoms with Crippen LogP contribution >= 0.6 is 11.3 Å². The van der Waals surface area contributed by atoms with Gasteiger partial charge < -0.3 is 13.4 Å². The number of rotatable bonds is 2. The number of hydrogen-bond acceptors (Lipinski definition) is 5. The van der Waals surface area contributed by atoms with Crippen molar-refractivity contribution in [1.29, 1.82) is 0 Å². The van der Waals surface area contributed by atoms with Crippen molar-refractivity contribution < 1.29 is 8.83 Å². The molecule has 13 aromatic rings. The summed E-state index contributed by atoms with van der Waals surface area (Å²) in [6.07, 6.45) is 0.754. The van der Waals surface area contributed by atoms with Crippen molar-refractivity contribution in [2.24, 2.45) is 15.9 Å². The van der Waals surface area contributed by atoms with Crippen LogP contribution in [0.1, 0.15) is 28.3 Å². The zero-order valence-electron chi connectivity index (χ0n) is 33.7. The van der Waals surface area contributed by atoms with Gasteiger partial charge in [-0.1, -0.05) is 109 Å². The molecule has 2 aliphatic rings. The number of nitrogens with zero attached hydrogens (tertiary/aromatic N) is 3. The molecule has 63 heavy (non-hydrogen) atoms. The molecule has 2 bridgehead atoms. The number of aromatic nitrogens is 1. The molecule has 0 aliphatic carbocycles. The van der Waals surface area contributed by atoms with Crippen molar-refractivity contribution in [2.45, 2.75) is 12.5 Å². The minimum atomic E-state index is -0.313. The van der Waals surface area contributed by atoms with Gasteiger partial charge >= 0.3 is 0 Å². The molecule has 0 N–H and O–H groups in total. The molecule has 0 radical (unpaired) electrons. The highest BCUT2D eigenvalue weighted by Gasteiger charge is 2.37. The molecule has 1 unspecified atom stereocenters. The summed E-state index contributed by atoms with van der Waals surface area (Å²) >= 11 is 1.84. The minimum Gasteiger partial charge on any atom is -0.456 e. The summed E-state index contributed by atoms with van der Waals surface area (Å²) in [7, 11) is 0. The molecule has 0 saturated heterocycles. The Kier molecular flexibility index (Phi) is 6.67. The number of furan rings is 2. The molecule has 0 fully saturated rings. The van der Waals surface area contributed by atoms with E-state index in [2.05, 4.69) is 162 Å². The Hall–Kier alpha value is -7.80. The average Bonchev–Trinajstić information content (AvgIpc) is 4.08. The highest BCUT2D eigenvalue weighted by Crippen LogP contribution is 2.47. The van der Waals surface area contributed by atoms with Gasteiger partial charge in [0.05, 0.1) is 28.5 Å². The number of amidine groups is 1. The van der Waals surface area contributed by atoms with E-state index in [4.69, 9.17) is 18.8 Å². The van der Waals surface area contributed by atoms with Crippen LogP contribution in [0.2, 0.25) is 0 Å². The van der Waals surface area contributed by atoms with E-state index in [1.807, 2.05) is 29.5 Å². The monoisotopic (exact) mass is 823 g/mol. The van der Waals surface area contributed by atoms with Gasteiger partial charge in [0.25, 0.3) is 0 Å². The van der Waals surface area contributed by atoms with Crippen molar-refractivity contribution in [3.63, 3.8) is 0 Å². The smallest absolute Gasteiger partial charge is 0.155 e. The summed E-state index contributed by atoms with van der Waals surface area (Å²) in [5, 5.41) is 11.9. The summed E-state index contributed by atoms with van der Waals surface area (Å²) < 4.78 is 18.2. The molecule has 6 heteroatoms. The molecule has 15 rings (SSSR count). The third kappa shape index (κ3) is 4.81. The van der Waals surface area contributed by atoms with Gasteiger partial charge in [-0.05, 0) is 95.1 Å². The first-order valence-corrected chi connectivity index (χ1v) is 22.4. The van der Waals surface area contributed by atoms with E-state index in [1.54, 1.807) is 0 Å². The summed E-state index contributed by atoms with van der Waals surface area (Å²) in [6, 6.07) is 63.6. The number of hydrogen-bond donors (Lipinski definition) is 0. The highest BCUT2D eigenvalue weighted by atomic mass is 32.1. The SMILES string of the molecule is c1ccc2cc3c(cc2c1)c1ccc2cc1n3-c1cc3c(cc1C1N=C(c4ccc5c(c4)oc4ccccc45)N=C(c4ccc5c(c4)sc4ccccc45)[C@H]1C2)oc1ccccc13. The maximum atomic E-state index is 6.73. The molecule has 2 atom stereocenters. The first-order chi connectivity index (χ1) is 31.2. The Labute approximate surface area is 363 Å². The van der Waals surface area contributed by atoms with E-state index in [9.17, 15) is 0 Å². The Balaban J connectivity index is 1.04. The number of para-hydroxylation sites is 2. The molecule has 2 aliphatic heterocycles. The third-order valence-corrected chi connectivity index (χ3v) is 14.9. The van der Waals surface area contributed by atoms with Crippen LogP contribution in [0.5, 0.6) is 0 Å². The minimum absolute atomic E-state index is 0.0924. The predicted octanol–water partition coefficient (Wildman–Crippen LogP) is 15.3. The zero-order valence-corrected chi connectivity index (χ0v) is 34.5. The first kappa shape index (κ1) is 33.9. The number of fused-ring (bicyclic) bond motifs is 18. The van der Waals surface area contributed by atoms with Crippen molar-refractivity contribution in [2.75, 3.05) is 0 Å². The number of thiophene rings is 1. The van der Waals surface area contributed by atoms with Crippen LogP contribution < -0.4 is 0 Å². The van der Waals surface area contributed by atoms with Crippen LogP contribution in [0.4, 0.5) is 0 Å². The van der Waals surface area contributed by atoms with Gasteiger partial charge in [0, 0.05) is 69.5 Å². The Morgan fingerprint density at radius 1 is 0.476 bits per heavy atom. The lowest BCUT2D eigenvalue weighted by molar-refractivity contribution is 0.544. The standard InChI is InChI=1S/C57H33N3O2S/c1-2-10-33-26-47-42(25-32(33)9-1)36-20-17-31-23-45-55(34-18-22-41-40-13-5-8-16-53(40)63-54(41)28-34)58-57(35-19-21-39-37-11-3-6-14-49(37)61-51(39)27-35)59-56(45)44-30-52-43(29-48(44)60(47)46(36)24-31)38-12-4-7-15-50(38)62-52/h1-22,24-30,45,56H,23H2/t45-,56?/m1/s1. The van der Waals surface area contributed by atoms with E-state index < -0.39 is 0 Å². The summed E-state index contributed by atoms with van der Waals surface area (Å²) in [5.74, 6) is 0.602. The summed E-state index contributed by atoms with van der Waals surface area (Å²) in [6.45, 7) is 0. The summed E-state index contributed by atoms with van der Waals surface area (Å²) in [5.41, 5.74) is 12.3. The topological polar surface area (TPSA) is 55.9 Å². The van der Waals surface area contributed by atoms with Crippen molar-refractivity contribution in [3.8, 4) is 5.69 Å². The van der Waals surface area contributed by atoms with Crippen molar-refractivity contribution >= 4 is 120 Å². The highest BCUT2D eigenvalue weighted by molar-refractivity contribution is 7.25. The van der Waals surface area contributed by atoms with Gasteiger partial charge in [-0.25, -0.2) is 4.99 Å². The maximum absolute atomic E-state index is 6.73. The molecule has 6 heterocycles. The van der Waals surface area contributed by atoms with Crippen LogP contribution in [-0.2, 0) is 6.42 Å². The van der Waals surface area contributed by atoms with Crippen molar-refractivity contribution in [3.05, 3.63) is 198 Å². The van der Waals surface area contributed by atoms with Crippen LogP contribution in [0.15, 0.2) is 195 Å². The Morgan fingerprint density at radius 3 is 1.98 bits per heavy atom. The van der Waals surface area contributed by atoms with E-state index in [-0.39, 0.29) is 12.0 Å². The third-order valence-electron chi connectivity index (χ3n) is 13.8. The fraction of sp³-hybridized carbons (Fsp3) is 0.0526. The van der Waals surface area contributed by atoms with Crippen LogP contribution in [0.25, 0.3) is 102 Å². The second-order valence-corrected chi connectivity index (χ2v) is 18.3. The predicted molar refractivity (Wildman–Crippen MR) is 262 cm³/mol. The van der Waals surface area contributed by atoms with Gasteiger partial charge in [-0.2, -0.15) is 0 Å². The molecule has 0 saturated carbocycles. The van der Waals surface area contributed by atoms with Crippen molar-refractivity contribution in [1.82, 2.24) is 4.57 Å². The Morgan fingerprint density at radius 2 is 1.13 bits per heavy atom. The van der Waals surface area contributed by atoms with Crippen LogP contribution in [0.3, 0.4) is 0 Å². The lowest BCUT2D eigenvalue weighted by Crippen LogP contribution is -2.30. The van der Waals surface area contributed by atoms with E-state index in [1.165, 1.54) is 58.3 Å². The Bertz CT molecular complexity index is 4210. The molecule has 0 spiro atoms.